The van der Waals surface area contributed by atoms with Crippen LogP contribution < -0.4 is 9.47 Å². The largest absolute Gasteiger partial charge is 0.425 e. The summed E-state index contributed by atoms with van der Waals surface area (Å²) in [4.78, 5) is 25.4. The van der Waals surface area contributed by atoms with E-state index in [-0.39, 0.29) is 11.9 Å². The molecule has 0 aliphatic rings. The van der Waals surface area contributed by atoms with Crippen molar-refractivity contribution in [2.45, 2.75) is 85.0 Å². The molecule has 0 atom stereocenters. The van der Waals surface area contributed by atoms with Gasteiger partial charge in [-0.3, -0.25) is 9.59 Å². The van der Waals surface area contributed by atoms with Crippen LogP contribution in [0.15, 0.2) is 42.5 Å². The Balaban J connectivity index is 1.98. The molecule has 0 heterocycles. The minimum atomic E-state index is -0.222. The Labute approximate surface area is 197 Å². The first-order valence-electron chi connectivity index (χ1n) is 12.4. The fraction of sp³-hybridized carbons (Fsp3) is 0.448. The maximum atomic E-state index is 12.7. The molecule has 176 valence electrons. The number of fused-ring (bicyclic) bond motifs is 2. The van der Waals surface area contributed by atoms with Crippen LogP contribution in [-0.4, -0.2) is 11.9 Å². The highest BCUT2D eigenvalue weighted by atomic mass is 16.5. The van der Waals surface area contributed by atoms with Crippen LogP contribution >= 0.6 is 0 Å². The fourth-order valence-corrected chi connectivity index (χ4v) is 4.26. The van der Waals surface area contributed by atoms with Crippen LogP contribution in [0.4, 0.5) is 0 Å². The second-order valence-corrected chi connectivity index (χ2v) is 8.77. The SMILES string of the molecule is CCCCCCC(=O)Oc1c2ccccc2c(OC(=O)CCCCCC)c2c(C)cccc12. The predicted octanol–water partition coefficient (Wildman–Crippen LogP) is 8.05. The average molecular weight is 449 g/mol. The number of carbonyl (C=O) groups is 2. The summed E-state index contributed by atoms with van der Waals surface area (Å²) in [6, 6.07) is 13.6. The molecule has 0 aliphatic heterocycles. The molecule has 0 spiro atoms. The van der Waals surface area contributed by atoms with Gasteiger partial charge in [-0.2, -0.15) is 0 Å². The quantitative estimate of drug-likeness (QED) is 0.122. The lowest BCUT2D eigenvalue weighted by Gasteiger charge is -2.18. The van der Waals surface area contributed by atoms with Crippen LogP contribution in [0.1, 0.15) is 83.6 Å². The van der Waals surface area contributed by atoms with E-state index < -0.39 is 0 Å². The Bertz CT molecular complexity index is 1100. The number of hydrogen-bond acceptors (Lipinski definition) is 4. The maximum absolute atomic E-state index is 12.7. The summed E-state index contributed by atoms with van der Waals surface area (Å²) in [6.07, 6.45) is 9.01. The van der Waals surface area contributed by atoms with Crippen molar-refractivity contribution in [1.29, 1.82) is 0 Å². The third-order valence-corrected chi connectivity index (χ3v) is 6.06. The molecule has 0 saturated carbocycles. The van der Waals surface area contributed by atoms with E-state index in [2.05, 4.69) is 13.8 Å². The molecular formula is C29H36O4. The molecule has 0 radical (unpaired) electrons. The minimum absolute atomic E-state index is 0.221. The lowest BCUT2D eigenvalue weighted by atomic mass is 9.97. The van der Waals surface area contributed by atoms with Crippen molar-refractivity contribution in [1.82, 2.24) is 0 Å². The van der Waals surface area contributed by atoms with Gasteiger partial charge in [0.15, 0.2) is 0 Å². The molecule has 3 aromatic carbocycles. The molecule has 4 heteroatoms. The lowest BCUT2D eigenvalue weighted by molar-refractivity contribution is -0.135. The Morgan fingerprint density at radius 2 is 1.15 bits per heavy atom. The van der Waals surface area contributed by atoms with Gasteiger partial charge in [-0.05, 0) is 25.3 Å². The van der Waals surface area contributed by atoms with Gasteiger partial charge in [0.2, 0.25) is 0 Å². The van der Waals surface area contributed by atoms with Gasteiger partial charge >= 0.3 is 11.9 Å². The molecule has 4 nitrogen and oxygen atoms in total. The van der Waals surface area contributed by atoms with Crippen LogP contribution in [0.3, 0.4) is 0 Å². The first kappa shape index (κ1) is 24.8. The molecular weight excluding hydrogens is 412 g/mol. The molecule has 0 fully saturated rings. The highest BCUT2D eigenvalue weighted by molar-refractivity contribution is 6.13. The van der Waals surface area contributed by atoms with Gasteiger partial charge in [0.05, 0.1) is 0 Å². The van der Waals surface area contributed by atoms with E-state index in [9.17, 15) is 9.59 Å². The van der Waals surface area contributed by atoms with Crippen LogP contribution in [-0.2, 0) is 9.59 Å². The van der Waals surface area contributed by atoms with Gasteiger partial charge in [-0.15, -0.1) is 0 Å². The van der Waals surface area contributed by atoms with Gasteiger partial charge in [-0.25, -0.2) is 0 Å². The number of hydrogen-bond donors (Lipinski definition) is 0. The molecule has 0 N–H and O–H groups in total. The van der Waals surface area contributed by atoms with Crippen molar-refractivity contribution < 1.29 is 19.1 Å². The molecule has 0 bridgehead atoms. The van der Waals surface area contributed by atoms with Crippen molar-refractivity contribution in [2.75, 3.05) is 0 Å². The first-order chi connectivity index (χ1) is 16.1. The van der Waals surface area contributed by atoms with E-state index in [1.54, 1.807) is 0 Å². The second kappa shape index (κ2) is 12.4. The zero-order chi connectivity index (χ0) is 23.6. The predicted molar refractivity (Wildman–Crippen MR) is 135 cm³/mol. The normalized spacial score (nSPS) is 11.1. The lowest BCUT2D eigenvalue weighted by Crippen LogP contribution is -2.11. The number of rotatable bonds is 12. The van der Waals surface area contributed by atoms with Crippen molar-refractivity contribution in [3.8, 4) is 11.5 Å². The molecule has 3 aromatic rings. The smallest absolute Gasteiger partial charge is 0.311 e. The van der Waals surface area contributed by atoms with E-state index in [4.69, 9.17) is 9.47 Å². The fourth-order valence-electron chi connectivity index (χ4n) is 4.26. The molecule has 0 saturated heterocycles. The standard InChI is InChI=1S/C29H36O4/c1-4-6-8-10-19-25(30)32-28-22-16-12-13-17-23(22)29(27-21(3)15-14-18-24(27)28)33-26(31)20-11-9-7-5-2/h12-18H,4-11,19-20H2,1-3H3. The third kappa shape index (κ3) is 6.34. The van der Waals surface area contributed by atoms with Gasteiger partial charge in [0.1, 0.15) is 11.5 Å². The third-order valence-electron chi connectivity index (χ3n) is 6.06. The van der Waals surface area contributed by atoms with Crippen molar-refractivity contribution in [2.24, 2.45) is 0 Å². The van der Waals surface area contributed by atoms with Crippen LogP contribution in [0, 0.1) is 6.92 Å². The van der Waals surface area contributed by atoms with E-state index in [0.717, 1.165) is 78.5 Å². The Morgan fingerprint density at radius 3 is 1.73 bits per heavy atom. The number of benzene rings is 3. The highest BCUT2D eigenvalue weighted by Crippen LogP contribution is 2.44. The Morgan fingerprint density at radius 1 is 0.636 bits per heavy atom. The van der Waals surface area contributed by atoms with Crippen LogP contribution in [0.5, 0.6) is 11.5 Å². The number of esters is 2. The monoisotopic (exact) mass is 448 g/mol. The van der Waals surface area contributed by atoms with E-state index in [1.807, 2.05) is 49.4 Å². The van der Waals surface area contributed by atoms with Crippen LogP contribution in [0.2, 0.25) is 0 Å². The molecule has 3 rings (SSSR count). The number of unbranched alkanes of at least 4 members (excludes halogenated alkanes) is 6. The number of ether oxygens (including phenoxy) is 2. The van der Waals surface area contributed by atoms with Crippen molar-refractivity contribution in [3.63, 3.8) is 0 Å². The topological polar surface area (TPSA) is 52.6 Å². The van der Waals surface area contributed by atoms with Crippen molar-refractivity contribution >= 4 is 33.5 Å². The second-order valence-electron chi connectivity index (χ2n) is 8.77. The number of carbonyl (C=O) groups excluding carboxylic acids is 2. The van der Waals surface area contributed by atoms with E-state index >= 15 is 0 Å². The first-order valence-corrected chi connectivity index (χ1v) is 12.4. The molecule has 0 amide bonds. The van der Waals surface area contributed by atoms with Crippen LogP contribution in [0.25, 0.3) is 21.5 Å². The van der Waals surface area contributed by atoms with Gasteiger partial charge < -0.3 is 9.47 Å². The molecule has 0 aliphatic carbocycles. The van der Waals surface area contributed by atoms with Gasteiger partial charge in [0.25, 0.3) is 0 Å². The molecule has 33 heavy (non-hydrogen) atoms. The Kier molecular flexibility index (Phi) is 9.29. The summed E-state index contributed by atoms with van der Waals surface area (Å²) in [5, 5.41) is 3.19. The van der Waals surface area contributed by atoms with Gasteiger partial charge in [-0.1, -0.05) is 94.8 Å². The summed E-state index contributed by atoms with van der Waals surface area (Å²) in [5.74, 6) is 0.663. The Hall–Kier alpha value is -2.88. The summed E-state index contributed by atoms with van der Waals surface area (Å²) in [5.41, 5.74) is 0.979. The summed E-state index contributed by atoms with van der Waals surface area (Å²) >= 11 is 0. The zero-order valence-corrected chi connectivity index (χ0v) is 20.2. The summed E-state index contributed by atoms with van der Waals surface area (Å²) in [7, 11) is 0. The average Bonchev–Trinajstić information content (AvgIpc) is 2.81. The molecule has 0 aromatic heterocycles. The van der Waals surface area contributed by atoms with Crippen molar-refractivity contribution in [3.05, 3.63) is 48.0 Å². The maximum Gasteiger partial charge on any atom is 0.311 e. The van der Waals surface area contributed by atoms with E-state index in [1.165, 1.54) is 0 Å². The molecule has 0 unspecified atom stereocenters. The summed E-state index contributed by atoms with van der Waals surface area (Å²) < 4.78 is 11.9. The highest BCUT2D eigenvalue weighted by Gasteiger charge is 2.21. The van der Waals surface area contributed by atoms with Gasteiger partial charge in [0, 0.05) is 34.4 Å². The summed E-state index contributed by atoms with van der Waals surface area (Å²) in [6.45, 7) is 6.30. The van der Waals surface area contributed by atoms with E-state index in [0.29, 0.717) is 24.3 Å². The zero-order valence-electron chi connectivity index (χ0n) is 20.2. The minimum Gasteiger partial charge on any atom is -0.425 e. The number of aryl methyl sites for hydroxylation is 1.